The van der Waals surface area contributed by atoms with Gasteiger partial charge in [-0.15, -0.1) is 0 Å². The molecule has 0 atom stereocenters. The van der Waals surface area contributed by atoms with Gasteiger partial charge >= 0.3 is 0 Å². The van der Waals surface area contributed by atoms with E-state index in [4.69, 9.17) is 9.47 Å². The van der Waals surface area contributed by atoms with Crippen LogP contribution in [0.3, 0.4) is 0 Å². The second kappa shape index (κ2) is 8.60. The van der Waals surface area contributed by atoms with Crippen LogP contribution in [0.1, 0.15) is 68.8 Å². The molecule has 1 saturated heterocycles. The van der Waals surface area contributed by atoms with Crippen molar-refractivity contribution in [2.24, 2.45) is 5.41 Å². The van der Waals surface area contributed by atoms with Gasteiger partial charge < -0.3 is 9.47 Å². The molecule has 2 rings (SSSR count). The summed E-state index contributed by atoms with van der Waals surface area (Å²) in [6.07, 6.45) is 5.50. The summed E-state index contributed by atoms with van der Waals surface area (Å²) in [6, 6.07) is 8.09. The second-order valence-corrected chi connectivity index (χ2v) is 7.33. The molecular formula is C20H30O3. The molecule has 1 heterocycles. The van der Waals surface area contributed by atoms with Crippen LogP contribution < -0.4 is 0 Å². The lowest BCUT2D eigenvalue weighted by Gasteiger charge is -2.34. The zero-order chi connectivity index (χ0) is 16.7. The van der Waals surface area contributed by atoms with E-state index in [1.54, 1.807) is 0 Å². The van der Waals surface area contributed by atoms with Crippen molar-refractivity contribution >= 4 is 5.78 Å². The highest BCUT2D eigenvalue weighted by Gasteiger charge is 2.27. The molecule has 0 aromatic heterocycles. The third-order valence-corrected chi connectivity index (χ3v) is 4.26. The highest BCUT2D eigenvalue weighted by Crippen LogP contribution is 2.25. The zero-order valence-corrected chi connectivity index (χ0v) is 14.8. The Morgan fingerprint density at radius 1 is 1.13 bits per heavy atom. The van der Waals surface area contributed by atoms with E-state index in [1.165, 1.54) is 18.4 Å². The van der Waals surface area contributed by atoms with Crippen molar-refractivity contribution in [1.29, 1.82) is 0 Å². The molecule has 1 fully saturated rings. The molecule has 23 heavy (non-hydrogen) atoms. The van der Waals surface area contributed by atoms with E-state index in [0.717, 1.165) is 38.0 Å². The maximum Gasteiger partial charge on any atom is 0.162 e. The number of hydrogen-bond donors (Lipinski definition) is 0. The summed E-state index contributed by atoms with van der Waals surface area (Å²) in [5.41, 5.74) is 2.23. The zero-order valence-electron chi connectivity index (χ0n) is 14.8. The maximum absolute atomic E-state index is 12.2. The van der Waals surface area contributed by atoms with Crippen molar-refractivity contribution in [3.63, 3.8) is 0 Å². The Morgan fingerprint density at radius 2 is 1.78 bits per heavy atom. The van der Waals surface area contributed by atoms with Crippen LogP contribution in [0, 0.1) is 5.41 Å². The second-order valence-electron chi connectivity index (χ2n) is 7.33. The van der Waals surface area contributed by atoms with Crippen LogP contribution in [0.15, 0.2) is 24.3 Å². The fraction of sp³-hybridized carbons (Fsp3) is 0.650. The van der Waals surface area contributed by atoms with E-state index in [9.17, 15) is 4.79 Å². The first-order chi connectivity index (χ1) is 11.0. The van der Waals surface area contributed by atoms with Crippen LogP contribution in [0.25, 0.3) is 0 Å². The summed E-state index contributed by atoms with van der Waals surface area (Å²) >= 11 is 0. The van der Waals surface area contributed by atoms with Gasteiger partial charge in [-0.2, -0.15) is 0 Å². The predicted molar refractivity (Wildman–Crippen MR) is 92.7 cm³/mol. The van der Waals surface area contributed by atoms with Gasteiger partial charge in [-0.25, -0.2) is 0 Å². The average Bonchev–Trinajstić information content (AvgIpc) is 2.55. The number of Topliss-reactive ketones (excluding diaryl/α,β-unsaturated/α-hetero) is 1. The number of carbonyl (C=O) groups excluding carboxylic acids is 1. The smallest absolute Gasteiger partial charge is 0.162 e. The number of ether oxygens (including phenoxy) is 2. The number of ketones is 1. The Morgan fingerprint density at radius 3 is 2.39 bits per heavy atom. The van der Waals surface area contributed by atoms with Crippen LogP contribution in [-0.2, 0) is 15.9 Å². The SMILES string of the molecule is CCCCc1ccc(C(=O)CCCC2OCC(C)(C)CO2)cc1. The van der Waals surface area contributed by atoms with E-state index in [2.05, 4.69) is 32.9 Å². The topological polar surface area (TPSA) is 35.5 Å². The largest absolute Gasteiger partial charge is 0.352 e. The van der Waals surface area contributed by atoms with Crippen LogP contribution in [-0.4, -0.2) is 25.3 Å². The standard InChI is InChI=1S/C20H30O3/c1-4-5-7-16-10-12-17(13-11-16)18(21)8-6-9-19-22-14-20(2,3)15-23-19/h10-13,19H,4-9,14-15H2,1-3H3. The van der Waals surface area contributed by atoms with Crippen LogP contribution in [0.5, 0.6) is 0 Å². The number of unbranched alkanes of at least 4 members (excludes halogenated alkanes) is 1. The minimum absolute atomic E-state index is 0.103. The highest BCUT2D eigenvalue weighted by molar-refractivity contribution is 5.96. The first kappa shape index (κ1) is 18.2. The maximum atomic E-state index is 12.2. The first-order valence-electron chi connectivity index (χ1n) is 8.85. The normalized spacial score (nSPS) is 18.0. The average molecular weight is 318 g/mol. The quantitative estimate of drug-likeness (QED) is 0.647. The molecular weight excluding hydrogens is 288 g/mol. The van der Waals surface area contributed by atoms with Crippen molar-refractivity contribution in [1.82, 2.24) is 0 Å². The van der Waals surface area contributed by atoms with E-state index >= 15 is 0 Å². The monoisotopic (exact) mass is 318 g/mol. The van der Waals surface area contributed by atoms with E-state index in [-0.39, 0.29) is 17.5 Å². The van der Waals surface area contributed by atoms with Gasteiger partial charge in [0.25, 0.3) is 0 Å². The summed E-state index contributed by atoms with van der Waals surface area (Å²) in [6.45, 7) is 7.92. The lowest BCUT2D eigenvalue weighted by Crippen LogP contribution is -2.37. The number of hydrogen-bond acceptors (Lipinski definition) is 3. The third kappa shape index (κ3) is 6.08. The van der Waals surface area contributed by atoms with Gasteiger partial charge in [-0.1, -0.05) is 51.5 Å². The van der Waals surface area contributed by atoms with Crippen LogP contribution >= 0.6 is 0 Å². The first-order valence-corrected chi connectivity index (χ1v) is 8.85. The minimum Gasteiger partial charge on any atom is -0.352 e. The summed E-state index contributed by atoms with van der Waals surface area (Å²) in [5.74, 6) is 0.211. The molecule has 0 spiro atoms. The number of aryl methyl sites for hydroxylation is 1. The van der Waals surface area contributed by atoms with Gasteiger partial charge in [0, 0.05) is 17.4 Å². The van der Waals surface area contributed by atoms with Crippen molar-refractivity contribution in [2.45, 2.75) is 65.6 Å². The van der Waals surface area contributed by atoms with Gasteiger partial charge in [0.15, 0.2) is 12.1 Å². The molecule has 128 valence electrons. The van der Waals surface area contributed by atoms with Gasteiger partial charge in [-0.05, 0) is 31.2 Å². The van der Waals surface area contributed by atoms with Crippen molar-refractivity contribution in [3.05, 3.63) is 35.4 Å². The van der Waals surface area contributed by atoms with Gasteiger partial charge in [0.2, 0.25) is 0 Å². The number of rotatable bonds is 8. The molecule has 1 aliphatic heterocycles. The molecule has 1 aromatic carbocycles. The Kier molecular flexibility index (Phi) is 6.79. The fourth-order valence-corrected chi connectivity index (χ4v) is 2.71. The predicted octanol–water partition coefficient (Wildman–Crippen LogP) is 4.78. The number of carbonyl (C=O) groups is 1. The minimum atomic E-state index is -0.146. The summed E-state index contributed by atoms with van der Waals surface area (Å²) in [4.78, 5) is 12.2. The summed E-state index contributed by atoms with van der Waals surface area (Å²) < 4.78 is 11.4. The lowest BCUT2D eigenvalue weighted by molar-refractivity contribution is -0.223. The Bertz CT molecular complexity index is 480. The fourth-order valence-electron chi connectivity index (χ4n) is 2.71. The Hall–Kier alpha value is -1.19. The van der Waals surface area contributed by atoms with E-state index < -0.39 is 0 Å². The molecule has 0 N–H and O–H groups in total. The van der Waals surface area contributed by atoms with Crippen LogP contribution in [0.4, 0.5) is 0 Å². The van der Waals surface area contributed by atoms with Gasteiger partial charge in [-0.3, -0.25) is 4.79 Å². The molecule has 0 aliphatic carbocycles. The molecule has 3 nitrogen and oxygen atoms in total. The van der Waals surface area contributed by atoms with Crippen molar-refractivity contribution < 1.29 is 14.3 Å². The molecule has 0 amide bonds. The Labute approximate surface area is 140 Å². The van der Waals surface area contributed by atoms with Crippen molar-refractivity contribution in [2.75, 3.05) is 13.2 Å². The van der Waals surface area contributed by atoms with Gasteiger partial charge in [0.05, 0.1) is 13.2 Å². The summed E-state index contributed by atoms with van der Waals surface area (Å²) in [7, 11) is 0. The van der Waals surface area contributed by atoms with E-state index in [0.29, 0.717) is 6.42 Å². The van der Waals surface area contributed by atoms with Crippen molar-refractivity contribution in [3.8, 4) is 0 Å². The number of benzene rings is 1. The van der Waals surface area contributed by atoms with Gasteiger partial charge in [0.1, 0.15) is 0 Å². The molecule has 3 heteroatoms. The third-order valence-electron chi connectivity index (χ3n) is 4.26. The Balaban J connectivity index is 1.70. The molecule has 0 bridgehead atoms. The highest BCUT2D eigenvalue weighted by atomic mass is 16.7. The molecule has 0 saturated carbocycles. The van der Waals surface area contributed by atoms with Crippen LogP contribution in [0.2, 0.25) is 0 Å². The molecule has 1 aromatic rings. The summed E-state index contributed by atoms with van der Waals surface area (Å²) in [5, 5.41) is 0. The molecule has 0 radical (unpaired) electrons. The lowest BCUT2D eigenvalue weighted by atomic mass is 9.95. The van der Waals surface area contributed by atoms with E-state index in [1.807, 2.05) is 12.1 Å². The molecule has 0 unspecified atom stereocenters. The molecule has 1 aliphatic rings.